The fourth-order valence-corrected chi connectivity index (χ4v) is 3.44. The van der Waals surface area contributed by atoms with E-state index in [1.807, 2.05) is 72.1 Å². The van der Waals surface area contributed by atoms with Gasteiger partial charge in [-0.05, 0) is 42.0 Å². The molecule has 1 amide bonds. The molecule has 0 atom stereocenters. The van der Waals surface area contributed by atoms with Gasteiger partial charge in [-0.15, -0.1) is 11.3 Å². The zero-order valence-electron chi connectivity index (χ0n) is 16.1. The summed E-state index contributed by atoms with van der Waals surface area (Å²) in [5.74, 6) is 1.45. The van der Waals surface area contributed by atoms with Gasteiger partial charge in [-0.25, -0.2) is 4.98 Å². The highest BCUT2D eigenvalue weighted by atomic mass is 32.1. The third-order valence-corrected chi connectivity index (χ3v) is 5.05. The lowest BCUT2D eigenvalue weighted by molar-refractivity contribution is -0.119. The van der Waals surface area contributed by atoms with Crippen molar-refractivity contribution in [3.63, 3.8) is 0 Å². The molecule has 150 valence electrons. The summed E-state index contributed by atoms with van der Waals surface area (Å²) in [6.45, 7) is 0.611. The third-order valence-electron chi connectivity index (χ3n) is 4.25. The largest absolute Gasteiger partial charge is 0.457 e. The summed E-state index contributed by atoms with van der Waals surface area (Å²) < 4.78 is 5.77. The topological polar surface area (TPSA) is 76.1 Å². The van der Waals surface area contributed by atoms with E-state index in [2.05, 4.69) is 20.6 Å². The number of benzene rings is 2. The smallest absolute Gasteiger partial charge is 0.239 e. The minimum atomic E-state index is -0.0993. The van der Waals surface area contributed by atoms with Crippen LogP contribution in [0.25, 0.3) is 11.3 Å². The lowest BCUT2D eigenvalue weighted by Crippen LogP contribution is -2.29. The number of para-hydroxylation sites is 1. The van der Waals surface area contributed by atoms with E-state index in [1.54, 1.807) is 12.4 Å². The molecule has 7 heteroatoms. The first-order valence-corrected chi connectivity index (χ1v) is 10.3. The van der Waals surface area contributed by atoms with Crippen LogP contribution in [-0.4, -0.2) is 22.4 Å². The van der Waals surface area contributed by atoms with E-state index in [1.165, 1.54) is 11.3 Å². The van der Waals surface area contributed by atoms with Crippen LogP contribution in [0.2, 0.25) is 0 Å². The Labute approximate surface area is 178 Å². The minimum Gasteiger partial charge on any atom is -0.457 e. The second-order valence-electron chi connectivity index (χ2n) is 6.47. The predicted octanol–water partition coefficient (Wildman–Crippen LogP) is 4.73. The number of hydrogen-bond acceptors (Lipinski definition) is 6. The van der Waals surface area contributed by atoms with Gasteiger partial charge in [0.25, 0.3) is 0 Å². The first-order valence-electron chi connectivity index (χ1n) is 9.44. The second-order valence-corrected chi connectivity index (χ2v) is 7.33. The number of aromatic nitrogens is 2. The zero-order chi connectivity index (χ0) is 20.6. The second kappa shape index (κ2) is 9.67. The molecular weight excluding hydrogens is 396 g/mol. The molecule has 0 spiro atoms. The predicted molar refractivity (Wildman–Crippen MR) is 119 cm³/mol. The van der Waals surface area contributed by atoms with Gasteiger partial charge in [0.05, 0.1) is 12.2 Å². The Kier molecular flexibility index (Phi) is 6.31. The van der Waals surface area contributed by atoms with Gasteiger partial charge in [0.1, 0.15) is 11.5 Å². The first kappa shape index (κ1) is 19.6. The Balaban J connectivity index is 1.23. The van der Waals surface area contributed by atoms with Crippen molar-refractivity contribution in [3.8, 4) is 22.8 Å². The van der Waals surface area contributed by atoms with Crippen LogP contribution in [0.1, 0.15) is 5.56 Å². The van der Waals surface area contributed by atoms with Gasteiger partial charge in [0.15, 0.2) is 5.13 Å². The van der Waals surface area contributed by atoms with E-state index in [0.29, 0.717) is 11.7 Å². The number of carbonyl (C=O) groups is 1. The van der Waals surface area contributed by atoms with E-state index in [9.17, 15) is 4.79 Å². The molecule has 2 heterocycles. The van der Waals surface area contributed by atoms with Gasteiger partial charge in [-0.3, -0.25) is 9.78 Å². The number of rotatable bonds is 8. The van der Waals surface area contributed by atoms with Gasteiger partial charge < -0.3 is 15.4 Å². The van der Waals surface area contributed by atoms with Gasteiger partial charge in [0.2, 0.25) is 5.91 Å². The number of nitrogens with zero attached hydrogens (tertiary/aromatic N) is 2. The molecule has 4 aromatic rings. The molecule has 0 aliphatic heterocycles. The summed E-state index contributed by atoms with van der Waals surface area (Å²) in [5, 5.41) is 8.60. The standard InChI is InChI=1S/C23H20N4O2S/c28-22(15-26-23-27-21(16-30-23)18-5-4-12-24-14-18)25-13-17-8-10-20(11-9-17)29-19-6-2-1-3-7-19/h1-12,14,16H,13,15H2,(H,25,28)(H,26,27). The number of nitrogens with one attached hydrogen (secondary N) is 2. The molecule has 30 heavy (non-hydrogen) atoms. The van der Waals surface area contributed by atoms with E-state index in [0.717, 1.165) is 28.3 Å². The summed E-state index contributed by atoms with van der Waals surface area (Å²) in [6, 6.07) is 21.1. The lowest BCUT2D eigenvalue weighted by atomic mass is 10.2. The van der Waals surface area contributed by atoms with Crippen LogP contribution in [-0.2, 0) is 11.3 Å². The molecule has 0 radical (unpaired) electrons. The molecule has 0 unspecified atom stereocenters. The maximum Gasteiger partial charge on any atom is 0.239 e. The number of carbonyl (C=O) groups excluding carboxylic acids is 1. The first-order chi connectivity index (χ1) is 14.8. The van der Waals surface area contributed by atoms with Crippen molar-refractivity contribution in [3.05, 3.63) is 90.1 Å². The molecule has 4 rings (SSSR count). The van der Waals surface area contributed by atoms with Crippen molar-refractivity contribution in [2.24, 2.45) is 0 Å². The van der Waals surface area contributed by atoms with Gasteiger partial charge in [-0.2, -0.15) is 0 Å². The summed E-state index contributed by atoms with van der Waals surface area (Å²) in [5.41, 5.74) is 2.79. The average Bonchev–Trinajstić information content (AvgIpc) is 3.28. The van der Waals surface area contributed by atoms with Crippen molar-refractivity contribution in [2.45, 2.75) is 6.54 Å². The summed E-state index contributed by atoms with van der Waals surface area (Å²) in [4.78, 5) is 20.7. The summed E-state index contributed by atoms with van der Waals surface area (Å²) >= 11 is 1.46. The average molecular weight is 417 g/mol. The molecule has 0 aliphatic carbocycles. The van der Waals surface area contributed by atoms with Crippen molar-refractivity contribution in [2.75, 3.05) is 11.9 Å². The van der Waals surface area contributed by atoms with Crippen LogP contribution in [0, 0.1) is 0 Å². The van der Waals surface area contributed by atoms with Crippen LogP contribution in [0.15, 0.2) is 84.5 Å². The van der Waals surface area contributed by atoms with Crippen LogP contribution in [0.4, 0.5) is 5.13 Å². The van der Waals surface area contributed by atoms with E-state index in [-0.39, 0.29) is 12.5 Å². The Morgan fingerprint density at radius 3 is 2.53 bits per heavy atom. The van der Waals surface area contributed by atoms with Gasteiger partial charge in [-0.1, -0.05) is 30.3 Å². The van der Waals surface area contributed by atoms with Crippen molar-refractivity contribution >= 4 is 22.4 Å². The fourth-order valence-electron chi connectivity index (χ4n) is 2.72. The summed E-state index contributed by atoms with van der Waals surface area (Å²) in [7, 11) is 0. The fraction of sp³-hybridized carbons (Fsp3) is 0.0870. The van der Waals surface area contributed by atoms with Crippen molar-refractivity contribution < 1.29 is 9.53 Å². The number of amides is 1. The molecule has 0 bridgehead atoms. The minimum absolute atomic E-state index is 0.0993. The highest BCUT2D eigenvalue weighted by molar-refractivity contribution is 7.14. The van der Waals surface area contributed by atoms with E-state index in [4.69, 9.17) is 4.74 Å². The van der Waals surface area contributed by atoms with E-state index >= 15 is 0 Å². The van der Waals surface area contributed by atoms with Crippen LogP contribution >= 0.6 is 11.3 Å². The molecule has 2 aromatic heterocycles. The highest BCUT2D eigenvalue weighted by Gasteiger charge is 2.07. The van der Waals surface area contributed by atoms with Crippen LogP contribution in [0.3, 0.4) is 0 Å². The molecule has 6 nitrogen and oxygen atoms in total. The number of ether oxygens (including phenoxy) is 1. The molecule has 0 aliphatic rings. The number of anilines is 1. The maximum atomic E-state index is 12.1. The summed E-state index contributed by atoms with van der Waals surface area (Å²) in [6.07, 6.45) is 3.49. The molecule has 0 saturated carbocycles. The van der Waals surface area contributed by atoms with E-state index < -0.39 is 0 Å². The number of hydrogen-bond donors (Lipinski definition) is 2. The van der Waals surface area contributed by atoms with Gasteiger partial charge in [0, 0.05) is 29.9 Å². The molecule has 2 N–H and O–H groups in total. The third kappa shape index (κ3) is 5.42. The lowest BCUT2D eigenvalue weighted by Gasteiger charge is -2.08. The van der Waals surface area contributed by atoms with Gasteiger partial charge >= 0.3 is 0 Å². The molecular formula is C23H20N4O2S. The highest BCUT2D eigenvalue weighted by Crippen LogP contribution is 2.24. The van der Waals surface area contributed by atoms with Crippen molar-refractivity contribution in [1.82, 2.24) is 15.3 Å². The quantitative estimate of drug-likeness (QED) is 0.434. The van der Waals surface area contributed by atoms with Crippen LogP contribution < -0.4 is 15.4 Å². The molecule has 2 aromatic carbocycles. The van der Waals surface area contributed by atoms with Crippen LogP contribution in [0.5, 0.6) is 11.5 Å². The Hall–Kier alpha value is -3.71. The maximum absolute atomic E-state index is 12.1. The molecule has 0 saturated heterocycles. The SMILES string of the molecule is O=C(CNc1nc(-c2cccnc2)cs1)NCc1ccc(Oc2ccccc2)cc1. The normalized spacial score (nSPS) is 10.4. The number of pyridine rings is 1. The Morgan fingerprint density at radius 2 is 1.77 bits per heavy atom. The Bertz CT molecular complexity index is 1080. The Morgan fingerprint density at radius 1 is 0.967 bits per heavy atom. The monoisotopic (exact) mass is 416 g/mol. The molecule has 0 fully saturated rings. The number of thiazole rings is 1. The van der Waals surface area contributed by atoms with Crippen molar-refractivity contribution in [1.29, 1.82) is 0 Å². The zero-order valence-corrected chi connectivity index (χ0v) is 16.9.